The summed E-state index contributed by atoms with van der Waals surface area (Å²) in [4.78, 5) is 18.4. The lowest BCUT2D eigenvalue weighted by Gasteiger charge is -2.33. The van der Waals surface area contributed by atoms with Gasteiger partial charge in [-0.05, 0) is 48.2 Å². The Labute approximate surface area is 190 Å². The summed E-state index contributed by atoms with van der Waals surface area (Å²) in [7, 11) is 1.59. The molecule has 3 aromatic rings. The van der Waals surface area contributed by atoms with Crippen molar-refractivity contribution in [3.63, 3.8) is 0 Å². The first-order chi connectivity index (χ1) is 15.3. The Morgan fingerprint density at radius 2 is 1.84 bits per heavy atom. The molecule has 1 N–H and O–H groups in total. The Bertz CT molecular complexity index is 1030. The predicted molar refractivity (Wildman–Crippen MR) is 120 cm³/mol. The zero-order valence-electron chi connectivity index (χ0n) is 17.4. The molecule has 3 rings (SSSR count). The maximum atomic E-state index is 12.9. The van der Waals surface area contributed by atoms with Crippen molar-refractivity contribution in [2.45, 2.75) is 25.1 Å². The maximum absolute atomic E-state index is 12.9. The highest BCUT2D eigenvalue weighted by molar-refractivity contribution is 6.30. The van der Waals surface area contributed by atoms with Crippen LogP contribution in [0.25, 0.3) is 0 Å². The third-order valence-corrected chi connectivity index (χ3v) is 5.28. The molecular formula is C24H23ClF3N3O. The fraction of sp³-hybridized carbons (Fsp3) is 0.250. The Morgan fingerprint density at radius 1 is 1.09 bits per heavy atom. The lowest BCUT2D eigenvalue weighted by atomic mass is 10.0. The molecule has 8 heteroatoms. The molecule has 0 saturated carbocycles. The Kier molecular flexibility index (Phi) is 7.75. The van der Waals surface area contributed by atoms with E-state index in [2.05, 4.69) is 10.3 Å². The van der Waals surface area contributed by atoms with E-state index in [9.17, 15) is 18.0 Å². The Balaban J connectivity index is 1.84. The number of likely N-dealkylation sites (N-methyl/N-ethyl adjacent to an activating group) is 1. The lowest BCUT2D eigenvalue weighted by Crippen LogP contribution is -2.40. The number of carbonyl (C=O) groups excluding carboxylic acids is 1. The second-order valence-corrected chi connectivity index (χ2v) is 7.69. The van der Waals surface area contributed by atoms with Crippen LogP contribution in [-0.4, -0.2) is 24.5 Å². The van der Waals surface area contributed by atoms with Crippen LogP contribution in [0.2, 0.25) is 5.02 Å². The molecule has 32 heavy (non-hydrogen) atoms. The summed E-state index contributed by atoms with van der Waals surface area (Å²) in [6.07, 6.45) is -2.10. The van der Waals surface area contributed by atoms with Gasteiger partial charge in [-0.3, -0.25) is 9.78 Å². The molecule has 0 aliphatic heterocycles. The van der Waals surface area contributed by atoms with E-state index in [4.69, 9.17) is 11.6 Å². The quantitative estimate of drug-likeness (QED) is 0.469. The van der Waals surface area contributed by atoms with Crippen LogP contribution in [-0.2, 0) is 17.4 Å². The van der Waals surface area contributed by atoms with E-state index in [1.165, 1.54) is 12.3 Å². The molecule has 1 unspecified atom stereocenters. The second-order valence-electron chi connectivity index (χ2n) is 7.25. The number of halogens is 4. The van der Waals surface area contributed by atoms with Crippen LogP contribution in [0.1, 0.15) is 29.3 Å². The molecule has 0 aliphatic rings. The van der Waals surface area contributed by atoms with Gasteiger partial charge < -0.3 is 10.2 Å². The molecule has 4 nitrogen and oxygen atoms in total. The number of rotatable bonds is 8. The smallest absolute Gasteiger partial charge is 0.357 e. The van der Waals surface area contributed by atoms with Gasteiger partial charge in [0.2, 0.25) is 5.91 Å². The molecule has 2 aromatic carbocycles. The number of benzene rings is 2. The van der Waals surface area contributed by atoms with Crippen molar-refractivity contribution in [2.24, 2.45) is 0 Å². The summed E-state index contributed by atoms with van der Waals surface area (Å²) in [5.41, 5.74) is 1.38. The number of nitrogens with one attached hydrogen (secondary N) is 1. The highest BCUT2D eigenvalue weighted by Crippen LogP contribution is 2.30. The topological polar surface area (TPSA) is 45.2 Å². The maximum Gasteiger partial charge on any atom is 0.433 e. The molecule has 1 aromatic heterocycles. The molecule has 0 bridgehead atoms. The van der Waals surface area contributed by atoms with E-state index in [1.807, 2.05) is 47.4 Å². The molecule has 1 heterocycles. The fourth-order valence-electron chi connectivity index (χ4n) is 3.50. The van der Waals surface area contributed by atoms with Crippen LogP contribution in [0.3, 0.4) is 0 Å². The minimum Gasteiger partial charge on any atom is -0.357 e. The van der Waals surface area contributed by atoms with Gasteiger partial charge >= 0.3 is 6.18 Å². The minimum absolute atomic E-state index is 0.174. The number of hydrogen-bond donors (Lipinski definition) is 1. The van der Waals surface area contributed by atoms with E-state index in [1.54, 1.807) is 19.2 Å². The molecular weight excluding hydrogens is 439 g/mol. The largest absolute Gasteiger partial charge is 0.433 e. The second kappa shape index (κ2) is 10.5. The first-order valence-corrected chi connectivity index (χ1v) is 10.5. The highest BCUT2D eigenvalue weighted by atomic mass is 35.5. The van der Waals surface area contributed by atoms with E-state index < -0.39 is 17.9 Å². The highest BCUT2D eigenvalue weighted by Gasteiger charge is 2.32. The lowest BCUT2D eigenvalue weighted by molar-refractivity contribution is -0.141. The SMILES string of the molecule is CNC(=O)C(c1ccccc1)N(CCCc1ccc(C(F)(F)F)nc1)c1cccc(Cl)c1. The summed E-state index contributed by atoms with van der Waals surface area (Å²) in [5, 5.41) is 3.27. The van der Waals surface area contributed by atoms with Crippen molar-refractivity contribution in [1.82, 2.24) is 10.3 Å². The van der Waals surface area contributed by atoms with Crippen LogP contribution < -0.4 is 10.2 Å². The summed E-state index contributed by atoms with van der Waals surface area (Å²) >= 11 is 6.21. The third-order valence-electron chi connectivity index (χ3n) is 5.04. The number of aryl methyl sites for hydroxylation is 1. The molecule has 0 aliphatic carbocycles. The Hall–Kier alpha value is -3.06. The molecule has 1 atom stereocenters. The molecule has 168 valence electrons. The average molecular weight is 462 g/mol. The van der Waals surface area contributed by atoms with Crippen LogP contribution in [0.15, 0.2) is 72.9 Å². The van der Waals surface area contributed by atoms with Gasteiger partial charge in [-0.1, -0.05) is 54.1 Å². The van der Waals surface area contributed by atoms with Gasteiger partial charge in [0.05, 0.1) is 0 Å². The van der Waals surface area contributed by atoms with E-state index in [-0.39, 0.29) is 5.91 Å². The van der Waals surface area contributed by atoms with Crippen LogP contribution in [0, 0.1) is 0 Å². The van der Waals surface area contributed by atoms with Crippen LogP contribution in [0.4, 0.5) is 18.9 Å². The monoisotopic (exact) mass is 461 g/mol. The first-order valence-electron chi connectivity index (χ1n) is 10.1. The van der Waals surface area contributed by atoms with Gasteiger partial charge in [0.25, 0.3) is 0 Å². The van der Waals surface area contributed by atoms with Crippen molar-refractivity contribution in [3.8, 4) is 0 Å². The van der Waals surface area contributed by atoms with Crippen molar-refractivity contribution in [1.29, 1.82) is 0 Å². The first kappa shape index (κ1) is 23.6. The van der Waals surface area contributed by atoms with E-state index >= 15 is 0 Å². The number of carbonyl (C=O) groups is 1. The molecule has 0 saturated heterocycles. The van der Waals surface area contributed by atoms with Gasteiger partial charge in [-0.25, -0.2) is 0 Å². The molecule has 0 radical (unpaired) electrons. The standard InChI is InChI=1S/C24H23ClF3N3O/c1-29-23(32)22(18-8-3-2-4-9-18)31(20-11-5-10-19(25)15-20)14-6-7-17-12-13-21(30-16-17)24(26,27)28/h2-5,8-13,15-16,22H,6-7,14H2,1H3,(H,29,32). The number of amides is 1. The summed E-state index contributed by atoms with van der Waals surface area (Å²) in [6.45, 7) is 0.481. The van der Waals surface area contributed by atoms with Crippen molar-refractivity contribution in [3.05, 3.63) is 94.8 Å². The normalized spacial score (nSPS) is 12.3. The number of aromatic nitrogens is 1. The number of pyridine rings is 1. The van der Waals surface area contributed by atoms with Gasteiger partial charge in [0.1, 0.15) is 11.7 Å². The molecule has 0 fully saturated rings. The van der Waals surface area contributed by atoms with Crippen molar-refractivity contribution >= 4 is 23.2 Å². The summed E-state index contributed by atoms with van der Waals surface area (Å²) in [6, 6.07) is 18.5. The summed E-state index contributed by atoms with van der Waals surface area (Å²) in [5.74, 6) is -0.174. The van der Waals surface area contributed by atoms with E-state index in [0.29, 0.717) is 30.0 Å². The van der Waals surface area contributed by atoms with Crippen molar-refractivity contribution in [2.75, 3.05) is 18.5 Å². The zero-order valence-corrected chi connectivity index (χ0v) is 18.2. The predicted octanol–water partition coefficient (Wildman–Crippen LogP) is 5.68. The summed E-state index contributed by atoms with van der Waals surface area (Å²) < 4.78 is 38.2. The molecule has 0 spiro atoms. The number of hydrogen-bond acceptors (Lipinski definition) is 3. The van der Waals surface area contributed by atoms with E-state index in [0.717, 1.165) is 17.3 Å². The zero-order chi connectivity index (χ0) is 23.1. The Morgan fingerprint density at radius 3 is 2.44 bits per heavy atom. The third kappa shape index (κ3) is 6.01. The van der Waals surface area contributed by atoms with Gasteiger partial charge in [0.15, 0.2) is 0 Å². The fourth-order valence-corrected chi connectivity index (χ4v) is 3.69. The number of nitrogens with zero attached hydrogens (tertiary/aromatic N) is 2. The van der Waals surface area contributed by atoms with Gasteiger partial charge in [0, 0.05) is 30.5 Å². The van der Waals surface area contributed by atoms with Crippen molar-refractivity contribution < 1.29 is 18.0 Å². The molecule has 1 amide bonds. The van der Waals surface area contributed by atoms with Crippen LogP contribution in [0.5, 0.6) is 0 Å². The number of alkyl halides is 3. The number of anilines is 1. The minimum atomic E-state index is -4.46. The van der Waals surface area contributed by atoms with Crippen LogP contribution >= 0.6 is 11.6 Å². The average Bonchev–Trinajstić information content (AvgIpc) is 2.78. The van der Waals surface area contributed by atoms with Gasteiger partial charge in [-0.2, -0.15) is 13.2 Å². The van der Waals surface area contributed by atoms with Gasteiger partial charge in [-0.15, -0.1) is 0 Å².